The van der Waals surface area contributed by atoms with Gasteiger partial charge in [-0.15, -0.1) is 17.8 Å². The van der Waals surface area contributed by atoms with Crippen LogP contribution in [0.1, 0.15) is 28.1 Å². The molecule has 1 aromatic heterocycles. The number of hydrogen-bond acceptors (Lipinski definition) is 3. The number of carbonyl (C=O) groups is 1. The maximum absolute atomic E-state index is 11.1. The average Bonchev–Trinajstić information content (AvgIpc) is 2.64. The SMILES string of the molecule is C#CC(C)c1cc(C(=O)OC)cs1. The highest BCUT2D eigenvalue weighted by atomic mass is 32.1. The normalized spacial score (nSPS) is 11.8. The summed E-state index contributed by atoms with van der Waals surface area (Å²) in [4.78, 5) is 12.1. The molecule has 0 aromatic carbocycles. The Kier molecular flexibility index (Phi) is 3.10. The molecule has 3 heteroatoms. The van der Waals surface area contributed by atoms with Crippen molar-refractivity contribution in [1.29, 1.82) is 0 Å². The molecule has 0 aliphatic heterocycles. The first-order chi connectivity index (χ1) is 6.19. The molecule has 1 unspecified atom stereocenters. The molecule has 0 radical (unpaired) electrons. The van der Waals surface area contributed by atoms with Gasteiger partial charge in [0, 0.05) is 10.3 Å². The Labute approximate surface area is 81.5 Å². The number of esters is 1. The van der Waals surface area contributed by atoms with Gasteiger partial charge in [0.1, 0.15) is 0 Å². The van der Waals surface area contributed by atoms with E-state index in [0.717, 1.165) is 4.88 Å². The lowest BCUT2D eigenvalue weighted by molar-refractivity contribution is 0.0601. The molecule has 0 amide bonds. The van der Waals surface area contributed by atoms with E-state index in [9.17, 15) is 4.79 Å². The van der Waals surface area contributed by atoms with Gasteiger partial charge in [-0.3, -0.25) is 0 Å². The second-order valence-corrected chi connectivity index (χ2v) is 3.56. The third-order valence-corrected chi connectivity index (χ3v) is 2.83. The van der Waals surface area contributed by atoms with Gasteiger partial charge in [0.25, 0.3) is 0 Å². The molecule has 0 saturated carbocycles. The van der Waals surface area contributed by atoms with Crippen LogP contribution in [0.5, 0.6) is 0 Å². The fourth-order valence-corrected chi connectivity index (χ4v) is 1.78. The molecule has 0 aliphatic rings. The highest BCUT2D eigenvalue weighted by Crippen LogP contribution is 2.23. The Balaban J connectivity index is 2.88. The molecule has 2 nitrogen and oxygen atoms in total. The summed E-state index contributed by atoms with van der Waals surface area (Å²) in [6.07, 6.45) is 5.26. The van der Waals surface area contributed by atoms with Gasteiger partial charge in [-0.2, -0.15) is 0 Å². The molecule has 1 atom stereocenters. The van der Waals surface area contributed by atoms with Crippen molar-refractivity contribution < 1.29 is 9.53 Å². The van der Waals surface area contributed by atoms with Gasteiger partial charge >= 0.3 is 5.97 Å². The highest BCUT2D eigenvalue weighted by Gasteiger charge is 2.10. The van der Waals surface area contributed by atoms with Crippen LogP contribution in [-0.4, -0.2) is 13.1 Å². The molecule has 0 bridgehead atoms. The first kappa shape index (κ1) is 9.82. The summed E-state index contributed by atoms with van der Waals surface area (Å²) in [5, 5.41) is 1.76. The summed E-state index contributed by atoms with van der Waals surface area (Å²) in [6, 6.07) is 1.78. The van der Waals surface area contributed by atoms with E-state index < -0.39 is 0 Å². The van der Waals surface area contributed by atoms with Crippen LogP contribution in [0.2, 0.25) is 0 Å². The smallest absolute Gasteiger partial charge is 0.338 e. The van der Waals surface area contributed by atoms with Crippen molar-refractivity contribution in [3.05, 3.63) is 21.9 Å². The summed E-state index contributed by atoms with van der Waals surface area (Å²) < 4.78 is 4.58. The van der Waals surface area contributed by atoms with Gasteiger partial charge in [-0.1, -0.05) is 5.92 Å². The topological polar surface area (TPSA) is 26.3 Å². The van der Waals surface area contributed by atoms with Gasteiger partial charge in [0.2, 0.25) is 0 Å². The predicted molar refractivity (Wildman–Crippen MR) is 52.9 cm³/mol. The van der Waals surface area contributed by atoms with Gasteiger partial charge < -0.3 is 4.74 Å². The van der Waals surface area contributed by atoms with E-state index in [1.165, 1.54) is 18.4 Å². The standard InChI is InChI=1S/C10H10O2S/c1-4-7(2)9-5-8(6-13-9)10(11)12-3/h1,5-7H,2-3H3. The minimum Gasteiger partial charge on any atom is -0.465 e. The van der Waals surface area contributed by atoms with Crippen molar-refractivity contribution in [2.24, 2.45) is 0 Å². The molecule has 0 spiro atoms. The molecule has 0 saturated heterocycles. The first-order valence-electron chi connectivity index (χ1n) is 3.82. The average molecular weight is 194 g/mol. The number of thiophene rings is 1. The lowest BCUT2D eigenvalue weighted by Gasteiger charge is -1.96. The second-order valence-electron chi connectivity index (χ2n) is 2.62. The summed E-state index contributed by atoms with van der Waals surface area (Å²) in [7, 11) is 1.37. The number of carbonyl (C=O) groups excluding carboxylic acids is 1. The van der Waals surface area contributed by atoms with Crippen LogP contribution >= 0.6 is 11.3 Å². The number of hydrogen-bond donors (Lipinski definition) is 0. The van der Waals surface area contributed by atoms with Crippen LogP contribution in [0.25, 0.3) is 0 Å². The van der Waals surface area contributed by atoms with Crippen LogP contribution in [0, 0.1) is 12.3 Å². The minimum absolute atomic E-state index is 0.0587. The van der Waals surface area contributed by atoms with E-state index in [4.69, 9.17) is 6.42 Å². The van der Waals surface area contributed by atoms with Crippen molar-refractivity contribution in [1.82, 2.24) is 0 Å². The molecule has 1 aromatic rings. The quantitative estimate of drug-likeness (QED) is 0.533. The maximum atomic E-state index is 11.1. The Bertz CT molecular complexity index is 346. The molecule has 0 aliphatic carbocycles. The van der Waals surface area contributed by atoms with Crippen molar-refractivity contribution >= 4 is 17.3 Å². The lowest BCUT2D eigenvalue weighted by atomic mass is 10.1. The van der Waals surface area contributed by atoms with Crippen LogP contribution in [0.3, 0.4) is 0 Å². The fourth-order valence-electron chi connectivity index (χ4n) is 0.887. The lowest BCUT2D eigenvalue weighted by Crippen LogP contribution is -1.98. The van der Waals surface area contributed by atoms with Crippen LogP contribution < -0.4 is 0 Å². The molecule has 1 heterocycles. The van der Waals surface area contributed by atoms with Gasteiger partial charge in [-0.05, 0) is 13.0 Å². The monoisotopic (exact) mass is 194 g/mol. The third-order valence-electron chi connectivity index (χ3n) is 1.72. The van der Waals surface area contributed by atoms with Crippen molar-refractivity contribution in [3.63, 3.8) is 0 Å². The molecule has 0 N–H and O–H groups in total. The maximum Gasteiger partial charge on any atom is 0.338 e. The molecule has 1 rings (SSSR count). The largest absolute Gasteiger partial charge is 0.465 e. The van der Waals surface area contributed by atoms with Crippen LogP contribution in [-0.2, 0) is 4.74 Å². The van der Waals surface area contributed by atoms with E-state index >= 15 is 0 Å². The van der Waals surface area contributed by atoms with Crippen LogP contribution in [0.4, 0.5) is 0 Å². The Morgan fingerprint density at radius 1 is 1.77 bits per heavy atom. The number of rotatable bonds is 2. The Morgan fingerprint density at radius 3 is 3.00 bits per heavy atom. The minimum atomic E-state index is -0.313. The number of ether oxygens (including phenoxy) is 1. The first-order valence-corrected chi connectivity index (χ1v) is 4.70. The molecule has 68 valence electrons. The van der Waals surface area contributed by atoms with Crippen molar-refractivity contribution in [2.45, 2.75) is 12.8 Å². The molecular formula is C10H10O2S. The summed E-state index contributed by atoms with van der Waals surface area (Å²) in [5.74, 6) is 2.36. The van der Waals surface area contributed by atoms with Gasteiger partial charge in [-0.25, -0.2) is 4.79 Å². The second kappa shape index (κ2) is 4.11. The van der Waals surface area contributed by atoms with Gasteiger partial charge in [0.15, 0.2) is 0 Å². The van der Waals surface area contributed by atoms with E-state index in [1.54, 1.807) is 11.4 Å². The zero-order valence-corrected chi connectivity index (χ0v) is 8.35. The van der Waals surface area contributed by atoms with Gasteiger partial charge in [0.05, 0.1) is 18.6 Å². The fraction of sp³-hybridized carbons (Fsp3) is 0.300. The number of terminal acetylenes is 1. The zero-order valence-electron chi connectivity index (χ0n) is 7.53. The zero-order chi connectivity index (χ0) is 9.84. The summed E-state index contributed by atoms with van der Waals surface area (Å²) in [6.45, 7) is 1.92. The molecule has 13 heavy (non-hydrogen) atoms. The highest BCUT2D eigenvalue weighted by molar-refractivity contribution is 7.10. The van der Waals surface area contributed by atoms with E-state index in [-0.39, 0.29) is 11.9 Å². The van der Waals surface area contributed by atoms with Crippen molar-refractivity contribution in [2.75, 3.05) is 7.11 Å². The Hall–Kier alpha value is -1.27. The van der Waals surface area contributed by atoms with Crippen molar-refractivity contribution in [3.8, 4) is 12.3 Å². The molecular weight excluding hydrogens is 184 g/mol. The van der Waals surface area contributed by atoms with E-state index in [2.05, 4.69) is 10.7 Å². The molecule has 0 fully saturated rings. The summed E-state index contributed by atoms with van der Waals surface area (Å²) >= 11 is 1.48. The van der Waals surface area contributed by atoms with E-state index in [0.29, 0.717) is 5.56 Å². The predicted octanol–water partition coefficient (Wildman–Crippen LogP) is 2.27. The van der Waals surface area contributed by atoms with Crippen LogP contribution in [0.15, 0.2) is 11.4 Å². The third kappa shape index (κ3) is 2.10. The Morgan fingerprint density at radius 2 is 2.46 bits per heavy atom. The van der Waals surface area contributed by atoms with E-state index in [1.807, 2.05) is 6.92 Å². The number of methoxy groups -OCH3 is 1. The summed E-state index contributed by atoms with van der Waals surface area (Å²) in [5.41, 5.74) is 0.574.